The number of halogens is 2. The van der Waals surface area contributed by atoms with Gasteiger partial charge in [0.2, 0.25) is 5.91 Å². The summed E-state index contributed by atoms with van der Waals surface area (Å²) in [6.45, 7) is 0. The molecule has 0 aromatic heterocycles. The van der Waals surface area contributed by atoms with Crippen molar-refractivity contribution >= 4 is 39.1 Å². The first-order valence-electron chi connectivity index (χ1n) is 5.41. The van der Waals surface area contributed by atoms with Crippen molar-refractivity contribution in [3.8, 4) is 5.75 Å². The highest BCUT2D eigenvalue weighted by Crippen LogP contribution is 2.25. The lowest BCUT2D eigenvalue weighted by Gasteiger charge is -2.16. The summed E-state index contributed by atoms with van der Waals surface area (Å²) in [5.41, 5.74) is 1.83. The Bertz CT molecular complexity index is 383. The van der Waals surface area contributed by atoms with Crippen LogP contribution in [0.3, 0.4) is 0 Å². The number of phenolic OH excluding ortho intramolecular Hbond substituents is 1. The SMILES string of the molecule is ClCCCBr.O=C1CCc2cc(O)ccc2N1. The van der Waals surface area contributed by atoms with Gasteiger partial charge in [0, 0.05) is 23.3 Å². The average Bonchev–Trinajstić information content (AvgIpc) is 2.31. The molecule has 0 saturated heterocycles. The second-order valence-electron chi connectivity index (χ2n) is 3.62. The van der Waals surface area contributed by atoms with Crippen molar-refractivity contribution < 1.29 is 9.90 Å². The van der Waals surface area contributed by atoms with Crippen LogP contribution in [0.1, 0.15) is 18.4 Å². The second kappa shape index (κ2) is 7.56. The highest BCUT2D eigenvalue weighted by Gasteiger charge is 2.14. The number of alkyl halides is 2. The van der Waals surface area contributed by atoms with Gasteiger partial charge in [0.15, 0.2) is 0 Å². The Labute approximate surface area is 114 Å². The van der Waals surface area contributed by atoms with Gasteiger partial charge in [-0.3, -0.25) is 4.79 Å². The molecule has 2 rings (SSSR count). The fourth-order valence-corrected chi connectivity index (χ4v) is 2.16. The number of hydrogen-bond acceptors (Lipinski definition) is 2. The van der Waals surface area contributed by atoms with E-state index in [9.17, 15) is 4.79 Å². The topological polar surface area (TPSA) is 49.3 Å². The van der Waals surface area contributed by atoms with E-state index in [1.54, 1.807) is 18.2 Å². The van der Waals surface area contributed by atoms with Crippen LogP contribution in [0.25, 0.3) is 0 Å². The second-order valence-corrected chi connectivity index (χ2v) is 4.79. The zero-order valence-electron chi connectivity index (χ0n) is 9.38. The molecule has 17 heavy (non-hydrogen) atoms. The van der Waals surface area contributed by atoms with Gasteiger partial charge in [-0.2, -0.15) is 0 Å². The summed E-state index contributed by atoms with van der Waals surface area (Å²) in [7, 11) is 0. The van der Waals surface area contributed by atoms with Crippen molar-refractivity contribution in [1.29, 1.82) is 0 Å². The summed E-state index contributed by atoms with van der Waals surface area (Å²) in [4.78, 5) is 10.9. The Hall–Kier alpha value is -0.740. The van der Waals surface area contributed by atoms with Gasteiger partial charge in [-0.25, -0.2) is 0 Å². The molecule has 0 unspecified atom stereocenters. The van der Waals surface area contributed by atoms with E-state index in [0.29, 0.717) is 6.42 Å². The molecule has 0 radical (unpaired) electrons. The predicted octanol–water partition coefficient (Wildman–Crippen LogP) is 3.29. The molecule has 1 amide bonds. The van der Waals surface area contributed by atoms with Gasteiger partial charge in [-0.1, -0.05) is 15.9 Å². The van der Waals surface area contributed by atoms with Gasteiger partial charge in [0.25, 0.3) is 0 Å². The summed E-state index contributed by atoms with van der Waals surface area (Å²) in [6.07, 6.45) is 2.30. The largest absolute Gasteiger partial charge is 0.508 e. The number of rotatable bonds is 2. The van der Waals surface area contributed by atoms with Gasteiger partial charge in [0.1, 0.15) is 5.75 Å². The lowest BCUT2D eigenvalue weighted by atomic mass is 10.0. The fourth-order valence-electron chi connectivity index (χ4n) is 1.42. The molecule has 0 saturated carbocycles. The lowest BCUT2D eigenvalue weighted by Crippen LogP contribution is -2.18. The van der Waals surface area contributed by atoms with Gasteiger partial charge >= 0.3 is 0 Å². The summed E-state index contributed by atoms with van der Waals surface area (Å²) < 4.78 is 0. The fraction of sp³-hybridized carbons (Fsp3) is 0.417. The smallest absolute Gasteiger partial charge is 0.224 e. The first-order chi connectivity index (χ1) is 8.17. The molecule has 0 aliphatic carbocycles. The van der Waals surface area contributed by atoms with Gasteiger partial charge in [-0.05, 0) is 36.6 Å². The maximum absolute atomic E-state index is 10.9. The van der Waals surface area contributed by atoms with E-state index >= 15 is 0 Å². The lowest BCUT2D eigenvalue weighted by molar-refractivity contribution is -0.116. The molecule has 0 bridgehead atoms. The number of benzene rings is 1. The molecule has 1 heterocycles. The minimum Gasteiger partial charge on any atom is -0.508 e. The Balaban J connectivity index is 0.000000249. The van der Waals surface area contributed by atoms with Crippen molar-refractivity contribution in [3.05, 3.63) is 23.8 Å². The van der Waals surface area contributed by atoms with Crippen molar-refractivity contribution in [2.75, 3.05) is 16.5 Å². The number of fused-ring (bicyclic) bond motifs is 1. The third-order valence-corrected chi connectivity index (χ3v) is 3.08. The highest BCUT2D eigenvalue weighted by atomic mass is 79.9. The number of carbonyl (C=O) groups is 1. The predicted molar refractivity (Wildman–Crippen MR) is 74.2 cm³/mol. The third-order valence-electron chi connectivity index (χ3n) is 2.25. The van der Waals surface area contributed by atoms with Crippen LogP contribution in [0.15, 0.2) is 18.2 Å². The molecule has 1 aromatic carbocycles. The zero-order chi connectivity index (χ0) is 12.7. The van der Waals surface area contributed by atoms with E-state index in [1.807, 2.05) is 0 Å². The number of carbonyl (C=O) groups excluding carboxylic acids is 1. The van der Waals surface area contributed by atoms with E-state index in [4.69, 9.17) is 16.7 Å². The Morgan fingerprint density at radius 2 is 2.18 bits per heavy atom. The van der Waals surface area contributed by atoms with Crippen LogP contribution >= 0.6 is 27.5 Å². The minimum absolute atomic E-state index is 0.0492. The summed E-state index contributed by atoms with van der Waals surface area (Å²) >= 11 is 8.50. The van der Waals surface area contributed by atoms with Crippen LogP contribution < -0.4 is 5.32 Å². The summed E-state index contributed by atoms with van der Waals surface area (Å²) in [5.74, 6) is 1.07. The highest BCUT2D eigenvalue weighted by molar-refractivity contribution is 9.09. The van der Waals surface area contributed by atoms with Crippen LogP contribution in [0.4, 0.5) is 5.69 Å². The molecular formula is C12H15BrClNO2. The molecule has 1 aromatic rings. The van der Waals surface area contributed by atoms with E-state index in [-0.39, 0.29) is 11.7 Å². The van der Waals surface area contributed by atoms with Crippen LogP contribution in [0, 0.1) is 0 Å². The number of anilines is 1. The molecular weight excluding hydrogens is 305 g/mol. The monoisotopic (exact) mass is 319 g/mol. The Morgan fingerprint density at radius 3 is 2.76 bits per heavy atom. The van der Waals surface area contributed by atoms with Crippen molar-refractivity contribution in [3.63, 3.8) is 0 Å². The molecule has 0 fully saturated rings. The van der Waals surface area contributed by atoms with Crippen molar-refractivity contribution in [1.82, 2.24) is 0 Å². The maximum Gasteiger partial charge on any atom is 0.224 e. The quantitative estimate of drug-likeness (QED) is 0.649. The van der Waals surface area contributed by atoms with Crippen LogP contribution in [0.2, 0.25) is 0 Å². The summed E-state index contributed by atoms with van der Waals surface area (Å²) in [5, 5.41) is 12.9. The van der Waals surface area contributed by atoms with Crippen molar-refractivity contribution in [2.24, 2.45) is 0 Å². The molecule has 1 aliphatic heterocycles. The normalized spacial score (nSPS) is 13.2. The first-order valence-corrected chi connectivity index (χ1v) is 7.06. The van der Waals surface area contributed by atoms with E-state index in [2.05, 4.69) is 21.2 Å². The Kier molecular flexibility index (Phi) is 6.37. The van der Waals surface area contributed by atoms with Crippen LogP contribution in [0.5, 0.6) is 5.75 Å². The minimum atomic E-state index is 0.0492. The average molecular weight is 321 g/mol. The third kappa shape index (κ3) is 4.96. The Morgan fingerprint density at radius 1 is 1.41 bits per heavy atom. The number of amides is 1. The molecule has 3 nitrogen and oxygen atoms in total. The standard InChI is InChI=1S/C9H9NO2.C3H6BrCl/c11-7-2-3-8-6(5-7)1-4-9(12)10-8;4-2-1-3-5/h2-3,5,11H,1,4H2,(H,10,12);1-3H2. The molecule has 1 aliphatic rings. The van der Waals surface area contributed by atoms with E-state index in [1.165, 1.54) is 0 Å². The molecule has 2 N–H and O–H groups in total. The first kappa shape index (κ1) is 14.3. The van der Waals surface area contributed by atoms with Crippen LogP contribution in [-0.2, 0) is 11.2 Å². The maximum atomic E-state index is 10.9. The number of hydrogen-bond donors (Lipinski definition) is 2. The molecule has 0 spiro atoms. The van der Waals surface area contributed by atoms with Gasteiger partial charge < -0.3 is 10.4 Å². The van der Waals surface area contributed by atoms with Crippen LogP contribution in [-0.4, -0.2) is 22.2 Å². The number of aromatic hydroxyl groups is 1. The number of nitrogens with one attached hydrogen (secondary N) is 1. The van der Waals surface area contributed by atoms with Gasteiger partial charge in [-0.15, -0.1) is 11.6 Å². The number of phenols is 1. The number of aryl methyl sites for hydroxylation is 1. The molecule has 5 heteroatoms. The van der Waals surface area contributed by atoms with Gasteiger partial charge in [0.05, 0.1) is 0 Å². The molecule has 94 valence electrons. The van der Waals surface area contributed by atoms with Crippen molar-refractivity contribution in [2.45, 2.75) is 19.3 Å². The molecule has 0 atom stereocenters. The van der Waals surface area contributed by atoms with E-state index < -0.39 is 0 Å². The summed E-state index contributed by atoms with van der Waals surface area (Å²) in [6, 6.07) is 4.99. The van der Waals surface area contributed by atoms with E-state index in [0.717, 1.165) is 35.3 Å². The zero-order valence-corrected chi connectivity index (χ0v) is 11.7.